The van der Waals surface area contributed by atoms with Crippen LogP contribution in [0.2, 0.25) is 10.0 Å². The zero-order chi connectivity index (χ0) is 14.5. The number of carbonyl (C=O) groups is 1. The summed E-state index contributed by atoms with van der Waals surface area (Å²) >= 11 is 12.1. The largest absolute Gasteiger partial charge is 0.322 e. The van der Waals surface area contributed by atoms with E-state index in [2.05, 4.69) is 17.1 Å². The lowest BCUT2D eigenvalue weighted by Crippen LogP contribution is -2.43. The van der Waals surface area contributed by atoms with Gasteiger partial charge in [0.25, 0.3) is 0 Å². The first kappa shape index (κ1) is 15.6. The number of para-hydroxylation sites is 1. The van der Waals surface area contributed by atoms with Crippen molar-refractivity contribution >= 4 is 34.8 Å². The molecule has 3 nitrogen and oxygen atoms in total. The maximum atomic E-state index is 12.2. The number of nitrogens with zero attached hydrogens (tertiary/aromatic N) is 1. The quantitative estimate of drug-likeness (QED) is 0.903. The Labute approximate surface area is 130 Å². The van der Waals surface area contributed by atoms with E-state index in [1.807, 2.05) is 0 Å². The maximum absolute atomic E-state index is 12.2. The fraction of sp³-hybridized carbons (Fsp3) is 0.533. The number of hydrogen-bond donors (Lipinski definition) is 1. The molecular formula is C15H20Cl2N2O. The molecule has 0 saturated carbocycles. The van der Waals surface area contributed by atoms with Gasteiger partial charge >= 0.3 is 0 Å². The molecular weight excluding hydrogens is 295 g/mol. The van der Waals surface area contributed by atoms with Gasteiger partial charge in [0.2, 0.25) is 5.91 Å². The smallest absolute Gasteiger partial charge is 0.238 e. The van der Waals surface area contributed by atoms with Crippen molar-refractivity contribution in [3.05, 3.63) is 28.2 Å². The van der Waals surface area contributed by atoms with Crippen molar-refractivity contribution in [2.24, 2.45) is 0 Å². The van der Waals surface area contributed by atoms with Crippen molar-refractivity contribution in [2.75, 3.05) is 18.4 Å². The number of hydrogen-bond acceptors (Lipinski definition) is 2. The van der Waals surface area contributed by atoms with E-state index < -0.39 is 0 Å². The van der Waals surface area contributed by atoms with Crippen LogP contribution in [0, 0.1) is 0 Å². The highest BCUT2D eigenvalue weighted by Gasteiger charge is 2.23. The maximum Gasteiger partial charge on any atom is 0.238 e. The lowest BCUT2D eigenvalue weighted by molar-refractivity contribution is -0.118. The number of rotatable bonds is 4. The summed E-state index contributed by atoms with van der Waals surface area (Å²) in [7, 11) is 0. The van der Waals surface area contributed by atoms with Crippen molar-refractivity contribution < 1.29 is 4.79 Å². The Hall–Kier alpha value is -0.770. The van der Waals surface area contributed by atoms with E-state index in [0.717, 1.165) is 19.4 Å². The van der Waals surface area contributed by atoms with Gasteiger partial charge in [0.15, 0.2) is 0 Å². The molecule has 1 fully saturated rings. The molecule has 1 N–H and O–H groups in total. The number of piperidine rings is 1. The first-order valence-corrected chi connectivity index (χ1v) is 7.85. The Morgan fingerprint density at radius 1 is 1.35 bits per heavy atom. The highest BCUT2D eigenvalue weighted by molar-refractivity contribution is 6.39. The monoisotopic (exact) mass is 314 g/mol. The predicted molar refractivity (Wildman–Crippen MR) is 84.6 cm³/mol. The van der Waals surface area contributed by atoms with Crippen LogP contribution < -0.4 is 5.32 Å². The number of amides is 1. The Bertz CT molecular complexity index is 459. The summed E-state index contributed by atoms with van der Waals surface area (Å²) in [4.78, 5) is 14.4. The van der Waals surface area contributed by atoms with E-state index in [0.29, 0.717) is 28.3 Å². The minimum absolute atomic E-state index is 0.0552. The fourth-order valence-electron chi connectivity index (χ4n) is 2.71. The van der Waals surface area contributed by atoms with Gasteiger partial charge in [-0.15, -0.1) is 0 Å². The lowest BCUT2D eigenvalue weighted by Gasteiger charge is -2.34. The molecule has 1 aromatic rings. The van der Waals surface area contributed by atoms with Crippen LogP contribution in [-0.4, -0.2) is 29.9 Å². The molecule has 1 atom stereocenters. The van der Waals surface area contributed by atoms with Gasteiger partial charge in [-0.25, -0.2) is 0 Å². The lowest BCUT2D eigenvalue weighted by atomic mass is 10.00. The summed E-state index contributed by atoms with van der Waals surface area (Å²) in [5, 5.41) is 3.76. The summed E-state index contributed by atoms with van der Waals surface area (Å²) in [5.41, 5.74) is 0.505. The number of carbonyl (C=O) groups excluding carboxylic acids is 1. The minimum atomic E-state index is -0.0552. The number of benzene rings is 1. The molecule has 2 rings (SSSR count). The Morgan fingerprint density at radius 2 is 2.05 bits per heavy atom. The third-order valence-corrected chi connectivity index (χ3v) is 4.42. The molecule has 1 heterocycles. The molecule has 110 valence electrons. The van der Waals surface area contributed by atoms with Crippen LogP contribution >= 0.6 is 23.2 Å². The predicted octanol–water partition coefficient (Wildman–Crippen LogP) is 4.20. The molecule has 0 radical (unpaired) electrons. The average Bonchev–Trinajstić information content (AvgIpc) is 2.44. The van der Waals surface area contributed by atoms with Gasteiger partial charge in [-0.2, -0.15) is 0 Å². The van der Waals surface area contributed by atoms with Crippen molar-refractivity contribution in [1.29, 1.82) is 0 Å². The average molecular weight is 315 g/mol. The van der Waals surface area contributed by atoms with E-state index in [1.54, 1.807) is 18.2 Å². The minimum Gasteiger partial charge on any atom is -0.322 e. The third kappa shape index (κ3) is 3.87. The van der Waals surface area contributed by atoms with E-state index >= 15 is 0 Å². The second kappa shape index (κ2) is 7.30. The van der Waals surface area contributed by atoms with E-state index in [4.69, 9.17) is 23.2 Å². The first-order valence-electron chi connectivity index (χ1n) is 7.09. The van der Waals surface area contributed by atoms with Crippen LogP contribution in [0.4, 0.5) is 5.69 Å². The first-order chi connectivity index (χ1) is 9.61. The van der Waals surface area contributed by atoms with Crippen molar-refractivity contribution in [2.45, 2.75) is 38.6 Å². The Balaban J connectivity index is 1.98. The van der Waals surface area contributed by atoms with Crippen LogP contribution in [0.3, 0.4) is 0 Å². The van der Waals surface area contributed by atoms with Gasteiger partial charge in [-0.3, -0.25) is 9.69 Å². The van der Waals surface area contributed by atoms with Gasteiger partial charge in [0, 0.05) is 6.04 Å². The zero-order valence-corrected chi connectivity index (χ0v) is 13.2. The van der Waals surface area contributed by atoms with Gasteiger partial charge in [0.1, 0.15) is 0 Å². The zero-order valence-electron chi connectivity index (χ0n) is 11.7. The molecule has 1 saturated heterocycles. The topological polar surface area (TPSA) is 32.3 Å². The van der Waals surface area contributed by atoms with E-state index in [9.17, 15) is 4.79 Å². The van der Waals surface area contributed by atoms with Crippen LogP contribution in [-0.2, 0) is 4.79 Å². The fourth-order valence-corrected chi connectivity index (χ4v) is 3.20. The van der Waals surface area contributed by atoms with Crippen LogP contribution in [0.25, 0.3) is 0 Å². The highest BCUT2D eigenvalue weighted by atomic mass is 35.5. The summed E-state index contributed by atoms with van der Waals surface area (Å²) in [6.45, 7) is 3.56. The molecule has 1 aromatic carbocycles. The van der Waals surface area contributed by atoms with Crippen molar-refractivity contribution in [3.63, 3.8) is 0 Å². The molecule has 0 spiro atoms. The molecule has 20 heavy (non-hydrogen) atoms. The number of likely N-dealkylation sites (tertiary alicyclic amines) is 1. The van der Waals surface area contributed by atoms with Crippen molar-refractivity contribution in [3.8, 4) is 0 Å². The molecule has 5 heteroatoms. The van der Waals surface area contributed by atoms with E-state index in [1.165, 1.54) is 12.8 Å². The Morgan fingerprint density at radius 3 is 2.70 bits per heavy atom. The van der Waals surface area contributed by atoms with E-state index in [-0.39, 0.29) is 5.91 Å². The van der Waals surface area contributed by atoms with Gasteiger partial charge in [-0.05, 0) is 37.9 Å². The summed E-state index contributed by atoms with van der Waals surface area (Å²) in [5.74, 6) is -0.0552. The van der Waals surface area contributed by atoms with Gasteiger partial charge in [-0.1, -0.05) is 42.6 Å². The van der Waals surface area contributed by atoms with Crippen LogP contribution in [0.5, 0.6) is 0 Å². The molecule has 1 amide bonds. The second-order valence-corrected chi connectivity index (χ2v) is 5.99. The summed E-state index contributed by atoms with van der Waals surface area (Å²) in [6, 6.07) is 5.71. The van der Waals surface area contributed by atoms with Crippen LogP contribution in [0.1, 0.15) is 32.6 Å². The molecule has 0 bridgehead atoms. The Kier molecular flexibility index (Phi) is 5.70. The second-order valence-electron chi connectivity index (χ2n) is 5.17. The number of halogens is 2. The van der Waals surface area contributed by atoms with Crippen LogP contribution in [0.15, 0.2) is 18.2 Å². The van der Waals surface area contributed by atoms with Crippen molar-refractivity contribution in [1.82, 2.24) is 4.90 Å². The highest BCUT2D eigenvalue weighted by Crippen LogP contribution is 2.29. The number of nitrogens with one attached hydrogen (secondary N) is 1. The summed E-state index contributed by atoms with van der Waals surface area (Å²) < 4.78 is 0. The molecule has 0 aliphatic carbocycles. The number of anilines is 1. The normalized spacial score (nSPS) is 19.9. The van der Waals surface area contributed by atoms with Gasteiger partial charge in [0.05, 0.1) is 22.3 Å². The SMILES string of the molecule is CCC1CCCCN1CC(=O)Nc1c(Cl)cccc1Cl. The molecule has 1 aliphatic rings. The third-order valence-electron chi connectivity index (χ3n) is 3.79. The van der Waals surface area contributed by atoms with Gasteiger partial charge < -0.3 is 5.32 Å². The molecule has 1 unspecified atom stereocenters. The molecule has 1 aliphatic heterocycles. The summed E-state index contributed by atoms with van der Waals surface area (Å²) in [6.07, 6.45) is 4.68. The molecule has 0 aromatic heterocycles. The standard InChI is InChI=1S/C15H20Cl2N2O/c1-2-11-6-3-4-9-19(11)10-14(20)18-15-12(16)7-5-8-13(15)17/h5,7-8,11H,2-4,6,9-10H2,1H3,(H,18,20).